The molecule has 0 unspecified atom stereocenters. The number of thiophene rings is 1. The summed E-state index contributed by atoms with van der Waals surface area (Å²) in [4.78, 5) is 30.0. The quantitative estimate of drug-likeness (QED) is 0.614. The van der Waals surface area contributed by atoms with Gasteiger partial charge in [-0.15, -0.1) is 11.3 Å². The monoisotopic (exact) mass is 455 g/mol. The van der Waals surface area contributed by atoms with E-state index in [1.54, 1.807) is 11.3 Å². The fourth-order valence-corrected chi connectivity index (χ4v) is 7.25. The van der Waals surface area contributed by atoms with E-state index in [4.69, 9.17) is 0 Å². The zero-order chi connectivity index (χ0) is 22.5. The van der Waals surface area contributed by atoms with Crippen molar-refractivity contribution in [1.82, 2.24) is 14.8 Å². The van der Waals surface area contributed by atoms with Gasteiger partial charge in [-0.2, -0.15) is 0 Å². The first-order valence-electron chi connectivity index (χ1n) is 12.6. The molecular formula is C26H37N3O2S. The summed E-state index contributed by atoms with van der Waals surface area (Å²) >= 11 is 1.67. The molecule has 2 aromatic heterocycles. The van der Waals surface area contributed by atoms with Gasteiger partial charge in [0.2, 0.25) is 5.91 Å². The summed E-state index contributed by atoms with van der Waals surface area (Å²) in [5.41, 5.74) is 0.964. The highest BCUT2D eigenvalue weighted by molar-refractivity contribution is 7.17. The van der Waals surface area contributed by atoms with Gasteiger partial charge in [-0.1, -0.05) is 52.4 Å². The Balaban J connectivity index is 1.52. The minimum Gasteiger partial charge on any atom is -0.351 e. The predicted molar refractivity (Wildman–Crippen MR) is 130 cm³/mol. The zero-order valence-corrected chi connectivity index (χ0v) is 20.5. The zero-order valence-electron chi connectivity index (χ0n) is 19.7. The number of nitrogens with one attached hydrogen (secondary N) is 1. The largest absolute Gasteiger partial charge is 0.351 e. The molecule has 5 rings (SSSR count). The number of rotatable bonds is 3. The highest BCUT2D eigenvalue weighted by atomic mass is 32.1. The van der Waals surface area contributed by atoms with Crippen molar-refractivity contribution in [3.8, 4) is 0 Å². The van der Waals surface area contributed by atoms with Gasteiger partial charge in [0, 0.05) is 12.1 Å². The summed E-state index contributed by atoms with van der Waals surface area (Å²) in [6.45, 7) is 7.12. The van der Waals surface area contributed by atoms with Gasteiger partial charge < -0.3 is 14.8 Å². The van der Waals surface area contributed by atoms with Crippen LogP contribution in [0.1, 0.15) is 89.0 Å². The van der Waals surface area contributed by atoms with Gasteiger partial charge in [0.1, 0.15) is 11.2 Å². The molecule has 3 heterocycles. The highest BCUT2D eigenvalue weighted by Gasteiger charge is 2.51. The SMILES string of the molecule is C[C@@H]1[C@H](C)CCC[C@@H]1NC(=O)[C@]1(C)Cn2c(cc3sccc32)C(=O)N1C1CCCCCC1. The van der Waals surface area contributed by atoms with Crippen molar-refractivity contribution < 1.29 is 9.59 Å². The van der Waals surface area contributed by atoms with Crippen LogP contribution in [-0.4, -0.2) is 38.9 Å². The van der Waals surface area contributed by atoms with E-state index in [2.05, 4.69) is 35.2 Å². The first-order chi connectivity index (χ1) is 15.4. The summed E-state index contributed by atoms with van der Waals surface area (Å²) in [6.07, 6.45) is 10.2. The number of hydrogen-bond acceptors (Lipinski definition) is 3. The third-order valence-electron chi connectivity index (χ3n) is 8.66. The summed E-state index contributed by atoms with van der Waals surface area (Å²) in [7, 11) is 0. The van der Waals surface area contributed by atoms with E-state index in [9.17, 15) is 9.59 Å². The number of carbonyl (C=O) groups excluding carboxylic acids is 2. The van der Waals surface area contributed by atoms with Gasteiger partial charge in [-0.25, -0.2) is 0 Å². The number of carbonyl (C=O) groups is 2. The van der Waals surface area contributed by atoms with E-state index in [1.807, 2.05) is 17.9 Å². The van der Waals surface area contributed by atoms with E-state index < -0.39 is 5.54 Å². The molecule has 0 radical (unpaired) electrons. The normalized spacial score (nSPS) is 32.0. The summed E-state index contributed by atoms with van der Waals surface area (Å²) in [6, 6.07) is 4.46. The number of amides is 2. The molecule has 1 N–H and O–H groups in total. The van der Waals surface area contributed by atoms with Gasteiger partial charge >= 0.3 is 0 Å². The van der Waals surface area contributed by atoms with Crippen molar-refractivity contribution in [2.24, 2.45) is 11.8 Å². The predicted octanol–water partition coefficient (Wildman–Crippen LogP) is 5.58. The first kappa shape index (κ1) is 22.0. The van der Waals surface area contributed by atoms with Crippen LogP contribution in [0.4, 0.5) is 0 Å². The second-order valence-corrected chi connectivity index (χ2v) is 11.7. The van der Waals surface area contributed by atoms with Gasteiger partial charge in [-0.3, -0.25) is 9.59 Å². The number of nitrogens with zero attached hydrogens (tertiary/aromatic N) is 2. The molecule has 0 saturated heterocycles. The molecular weight excluding hydrogens is 418 g/mol. The highest BCUT2D eigenvalue weighted by Crippen LogP contribution is 2.38. The van der Waals surface area contributed by atoms with Crippen molar-refractivity contribution in [2.45, 2.75) is 103 Å². The lowest BCUT2D eigenvalue weighted by Crippen LogP contribution is -2.67. The van der Waals surface area contributed by atoms with Gasteiger partial charge in [0.25, 0.3) is 5.91 Å². The van der Waals surface area contributed by atoms with Gasteiger partial charge in [0.15, 0.2) is 0 Å². The number of aromatic nitrogens is 1. The smallest absolute Gasteiger partial charge is 0.271 e. The van der Waals surface area contributed by atoms with Crippen LogP contribution in [0.2, 0.25) is 0 Å². The maximum atomic E-state index is 14.0. The lowest BCUT2D eigenvalue weighted by Gasteiger charge is -2.49. The van der Waals surface area contributed by atoms with E-state index >= 15 is 0 Å². The molecule has 6 heteroatoms. The van der Waals surface area contributed by atoms with Crippen molar-refractivity contribution >= 4 is 33.4 Å². The molecule has 2 aliphatic carbocycles. The van der Waals surface area contributed by atoms with Crippen LogP contribution in [0.15, 0.2) is 17.5 Å². The summed E-state index contributed by atoms with van der Waals surface area (Å²) < 4.78 is 3.24. The Labute approximate surface area is 195 Å². The minimum atomic E-state index is -0.868. The number of fused-ring (bicyclic) bond motifs is 3. The maximum Gasteiger partial charge on any atom is 0.271 e. The Morgan fingerprint density at radius 2 is 1.84 bits per heavy atom. The first-order valence-corrected chi connectivity index (χ1v) is 13.5. The third kappa shape index (κ3) is 3.59. The Kier molecular flexibility index (Phi) is 5.85. The fourth-order valence-electron chi connectivity index (χ4n) is 6.43. The molecule has 5 nitrogen and oxygen atoms in total. The summed E-state index contributed by atoms with van der Waals surface area (Å²) in [5, 5.41) is 5.51. The average Bonchev–Trinajstić information content (AvgIpc) is 3.25. The number of hydrogen-bond donors (Lipinski definition) is 1. The van der Waals surface area contributed by atoms with E-state index in [0.29, 0.717) is 18.4 Å². The lowest BCUT2D eigenvalue weighted by atomic mass is 9.77. The fraction of sp³-hybridized carbons (Fsp3) is 0.692. The van der Waals surface area contributed by atoms with Gasteiger partial charge in [-0.05, 0) is 55.5 Å². The van der Waals surface area contributed by atoms with E-state index in [1.165, 1.54) is 19.3 Å². The lowest BCUT2D eigenvalue weighted by molar-refractivity contribution is -0.136. The van der Waals surface area contributed by atoms with Gasteiger partial charge in [0.05, 0.1) is 16.8 Å². The molecule has 4 atom stereocenters. The Morgan fingerprint density at radius 3 is 2.59 bits per heavy atom. The van der Waals surface area contributed by atoms with E-state index in [0.717, 1.165) is 54.4 Å². The van der Waals surface area contributed by atoms with Crippen LogP contribution in [0.5, 0.6) is 0 Å². The molecule has 3 aliphatic rings. The Bertz CT molecular complexity index is 1000. The van der Waals surface area contributed by atoms with Crippen molar-refractivity contribution in [3.05, 3.63) is 23.2 Å². The van der Waals surface area contributed by atoms with Crippen LogP contribution in [-0.2, 0) is 11.3 Å². The van der Waals surface area contributed by atoms with Crippen LogP contribution >= 0.6 is 11.3 Å². The maximum absolute atomic E-state index is 14.0. The van der Waals surface area contributed by atoms with Crippen molar-refractivity contribution in [2.75, 3.05) is 0 Å². The van der Waals surface area contributed by atoms with Crippen LogP contribution in [0.25, 0.3) is 10.2 Å². The second-order valence-electron chi connectivity index (χ2n) is 10.7. The average molecular weight is 456 g/mol. The summed E-state index contributed by atoms with van der Waals surface area (Å²) in [5.74, 6) is 1.15. The third-order valence-corrected chi connectivity index (χ3v) is 9.51. The Morgan fingerprint density at radius 1 is 1.09 bits per heavy atom. The van der Waals surface area contributed by atoms with Crippen LogP contribution < -0.4 is 5.32 Å². The van der Waals surface area contributed by atoms with Crippen molar-refractivity contribution in [1.29, 1.82) is 0 Å². The van der Waals surface area contributed by atoms with E-state index in [-0.39, 0.29) is 23.9 Å². The minimum absolute atomic E-state index is 0.0313. The topological polar surface area (TPSA) is 54.3 Å². The molecule has 2 amide bonds. The van der Waals surface area contributed by atoms with Crippen molar-refractivity contribution in [3.63, 3.8) is 0 Å². The molecule has 174 valence electrons. The molecule has 0 aromatic carbocycles. The Hall–Kier alpha value is -1.82. The standard InChI is InChI=1S/C26H37N3O2S/c1-17-9-8-12-20(18(17)2)27-25(31)26(3)16-28-21-13-14-32-23(21)15-22(28)24(30)29(26)19-10-6-4-5-7-11-19/h13-15,17-20H,4-12,16H2,1-3H3,(H,27,31)/t17-,18-,20+,26+/m1/s1. The van der Waals surface area contributed by atoms with Crippen LogP contribution in [0, 0.1) is 11.8 Å². The molecule has 1 aliphatic heterocycles. The molecule has 2 aromatic rings. The molecule has 2 fully saturated rings. The van der Waals surface area contributed by atoms with Crippen LogP contribution in [0.3, 0.4) is 0 Å². The second kappa shape index (κ2) is 8.51. The molecule has 32 heavy (non-hydrogen) atoms. The molecule has 0 bridgehead atoms. The molecule has 0 spiro atoms. The molecule has 2 saturated carbocycles.